The lowest BCUT2D eigenvalue weighted by Crippen LogP contribution is -2.47. The molecule has 0 aliphatic carbocycles. The molecule has 0 bridgehead atoms. The Bertz CT molecular complexity index is 732. The largest absolute Gasteiger partial charge is 0.481 e. The van der Waals surface area contributed by atoms with E-state index in [-0.39, 0.29) is 12.2 Å². The van der Waals surface area contributed by atoms with E-state index in [4.69, 9.17) is 4.74 Å². The Hall–Kier alpha value is -3.35. The summed E-state index contributed by atoms with van der Waals surface area (Å²) in [6.07, 6.45) is -1.00. The van der Waals surface area contributed by atoms with Gasteiger partial charge >= 0.3 is 18.0 Å². The highest BCUT2D eigenvalue weighted by Crippen LogP contribution is 2.21. The summed E-state index contributed by atoms with van der Waals surface area (Å²) < 4.78 is 4.97. The number of ether oxygens (including phenoxy) is 1. The van der Waals surface area contributed by atoms with Crippen LogP contribution < -0.4 is 5.32 Å². The van der Waals surface area contributed by atoms with Gasteiger partial charge in [-0.2, -0.15) is 0 Å². The first-order valence-corrected chi connectivity index (χ1v) is 7.47. The molecule has 7 heteroatoms. The molecule has 3 N–H and O–H groups in total. The van der Waals surface area contributed by atoms with Gasteiger partial charge in [-0.15, -0.1) is 0 Å². The van der Waals surface area contributed by atoms with Gasteiger partial charge in [-0.1, -0.05) is 60.7 Å². The fourth-order valence-electron chi connectivity index (χ4n) is 2.32. The second-order valence-corrected chi connectivity index (χ2v) is 5.25. The van der Waals surface area contributed by atoms with E-state index >= 15 is 0 Å². The van der Waals surface area contributed by atoms with Crippen LogP contribution in [0.25, 0.3) is 0 Å². The Morgan fingerprint density at radius 1 is 0.880 bits per heavy atom. The van der Waals surface area contributed by atoms with E-state index in [9.17, 15) is 24.6 Å². The van der Waals surface area contributed by atoms with Crippen LogP contribution in [0.1, 0.15) is 17.0 Å². The van der Waals surface area contributed by atoms with Crippen molar-refractivity contribution in [1.82, 2.24) is 5.32 Å². The fourth-order valence-corrected chi connectivity index (χ4v) is 2.32. The summed E-state index contributed by atoms with van der Waals surface area (Å²) in [5.41, 5.74) is 0.994. The first-order valence-electron chi connectivity index (χ1n) is 7.47. The van der Waals surface area contributed by atoms with Crippen LogP contribution >= 0.6 is 0 Å². The van der Waals surface area contributed by atoms with Gasteiger partial charge in [-0.05, 0) is 11.1 Å². The Labute approximate surface area is 143 Å². The Morgan fingerprint density at radius 2 is 1.44 bits per heavy atom. The SMILES string of the molecule is O=C(N[C@H](C(=O)O)C(C(=O)O)c1ccccc1)OCc1ccccc1. The maximum absolute atomic E-state index is 11.9. The minimum absolute atomic E-state index is 0.0535. The third-order valence-electron chi connectivity index (χ3n) is 3.51. The number of hydrogen-bond acceptors (Lipinski definition) is 4. The molecule has 2 aromatic rings. The molecule has 2 atom stereocenters. The lowest BCUT2D eigenvalue weighted by Gasteiger charge is -2.21. The Kier molecular flexibility index (Phi) is 6.11. The quantitative estimate of drug-likeness (QED) is 0.710. The van der Waals surface area contributed by atoms with Crippen LogP contribution in [0.15, 0.2) is 60.7 Å². The van der Waals surface area contributed by atoms with Crippen LogP contribution in [0.2, 0.25) is 0 Å². The van der Waals surface area contributed by atoms with Gasteiger partial charge in [-0.25, -0.2) is 9.59 Å². The summed E-state index contributed by atoms with van der Waals surface area (Å²) >= 11 is 0. The summed E-state index contributed by atoms with van der Waals surface area (Å²) in [4.78, 5) is 34.9. The molecule has 0 radical (unpaired) electrons. The number of carbonyl (C=O) groups excluding carboxylic acids is 1. The van der Waals surface area contributed by atoms with Crippen molar-refractivity contribution in [2.45, 2.75) is 18.6 Å². The number of hydrogen-bond donors (Lipinski definition) is 3. The first kappa shape index (κ1) is 18.0. The summed E-state index contributed by atoms with van der Waals surface area (Å²) in [7, 11) is 0. The Balaban J connectivity index is 2.09. The lowest BCUT2D eigenvalue weighted by molar-refractivity contribution is -0.147. The average Bonchev–Trinajstić information content (AvgIpc) is 2.61. The van der Waals surface area contributed by atoms with Gasteiger partial charge in [0, 0.05) is 0 Å². The highest BCUT2D eigenvalue weighted by atomic mass is 16.5. The predicted octanol–water partition coefficient (Wildman–Crippen LogP) is 2.23. The molecule has 0 heterocycles. The molecular weight excluding hydrogens is 326 g/mol. The van der Waals surface area contributed by atoms with Gasteiger partial charge in [0.2, 0.25) is 0 Å². The normalized spacial score (nSPS) is 12.6. The van der Waals surface area contributed by atoms with Gasteiger partial charge < -0.3 is 20.3 Å². The predicted molar refractivity (Wildman–Crippen MR) is 88.0 cm³/mol. The molecule has 7 nitrogen and oxygen atoms in total. The zero-order valence-corrected chi connectivity index (χ0v) is 13.2. The van der Waals surface area contributed by atoms with Gasteiger partial charge in [0.15, 0.2) is 0 Å². The number of carboxylic acid groups (broad SMARTS) is 2. The molecule has 1 unspecified atom stereocenters. The highest BCUT2D eigenvalue weighted by molar-refractivity contribution is 5.89. The molecule has 1 amide bonds. The average molecular weight is 343 g/mol. The molecule has 0 spiro atoms. The maximum Gasteiger partial charge on any atom is 0.408 e. The molecule has 0 aliphatic rings. The number of alkyl carbamates (subject to hydrolysis) is 1. The first-order chi connectivity index (χ1) is 12.0. The standard InChI is InChI=1S/C18H17NO6/c20-16(21)14(13-9-5-2-6-10-13)15(17(22)23)19-18(24)25-11-12-7-3-1-4-8-12/h1-10,14-15H,11H2,(H,19,24)(H,20,21)(H,22,23)/t14?,15-/m0/s1. The Morgan fingerprint density at radius 3 is 1.96 bits per heavy atom. The molecule has 0 aromatic heterocycles. The van der Waals surface area contributed by atoms with Crippen LogP contribution in [0, 0.1) is 0 Å². The number of benzene rings is 2. The van der Waals surface area contributed by atoms with Crippen molar-refractivity contribution in [3.05, 3.63) is 71.8 Å². The number of carbonyl (C=O) groups is 3. The summed E-state index contributed by atoms with van der Waals surface area (Å²) in [5, 5.41) is 20.9. The summed E-state index contributed by atoms with van der Waals surface area (Å²) in [6.45, 7) is -0.0535. The zero-order chi connectivity index (χ0) is 18.2. The van der Waals surface area contributed by atoms with E-state index in [1.165, 1.54) is 12.1 Å². The second kappa shape index (κ2) is 8.49. The highest BCUT2D eigenvalue weighted by Gasteiger charge is 2.36. The van der Waals surface area contributed by atoms with Crippen molar-refractivity contribution in [3.63, 3.8) is 0 Å². The molecule has 0 aliphatic heterocycles. The van der Waals surface area contributed by atoms with E-state index in [2.05, 4.69) is 5.32 Å². The topological polar surface area (TPSA) is 113 Å². The molecule has 2 rings (SSSR count). The molecule has 130 valence electrons. The van der Waals surface area contributed by atoms with Crippen LogP contribution in [0.5, 0.6) is 0 Å². The van der Waals surface area contributed by atoms with Crippen LogP contribution in [0.4, 0.5) is 4.79 Å². The van der Waals surface area contributed by atoms with Crippen molar-refractivity contribution in [2.75, 3.05) is 0 Å². The van der Waals surface area contributed by atoms with Crippen molar-refractivity contribution in [3.8, 4) is 0 Å². The van der Waals surface area contributed by atoms with Crippen molar-refractivity contribution >= 4 is 18.0 Å². The van der Waals surface area contributed by atoms with Crippen LogP contribution in [0.3, 0.4) is 0 Å². The molecule has 2 aromatic carbocycles. The van der Waals surface area contributed by atoms with Crippen molar-refractivity contribution < 1.29 is 29.3 Å². The van der Waals surface area contributed by atoms with E-state index in [1.54, 1.807) is 48.5 Å². The second-order valence-electron chi connectivity index (χ2n) is 5.25. The van der Waals surface area contributed by atoms with Gasteiger partial charge in [0.05, 0.1) is 0 Å². The number of carboxylic acids is 2. The van der Waals surface area contributed by atoms with E-state index in [0.717, 1.165) is 5.56 Å². The molecule has 0 fully saturated rings. The molecule has 25 heavy (non-hydrogen) atoms. The van der Waals surface area contributed by atoms with Gasteiger partial charge in [0.1, 0.15) is 18.6 Å². The maximum atomic E-state index is 11.9. The van der Waals surface area contributed by atoms with Crippen LogP contribution in [-0.4, -0.2) is 34.3 Å². The zero-order valence-electron chi connectivity index (χ0n) is 13.2. The molecular formula is C18H17NO6. The number of amides is 1. The summed E-state index contributed by atoms with van der Waals surface area (Å²) in [6, 6.07) is 15.0. The fraction of sp³-hybridized carbons (Fsp3) is 0.167. The van der Waals surface area contributed by atoms with E-state index in [0.29, 0.717) is 0 Å². The van der Waals surface area contributed by atoms with Gasteiger partial charge in [-0.3, -0.25) is 4.79 Å². The van der Waals surface area contributed by atoms with Crippen LogP contribution in [-0.2, 0) is 20.9 Å². The molecule has 0 saturated heterocycles. The van der Waals surface area contributed by atoms with E-state index in [1.807, 2.05) is 0 Å². The molecule has 0 saturated carbocycles. The number of aliphatic carboxylic acids is 2. The lowest BCUT2D eigenvalue weighted by atomic mass is 9.91. The third kappa shape index (κ3) is 5.07. The smallest absolute Gasteiger partial charge is 0.408 e. The minimum atomic E-state index is -1.66. The van der Waals surface area contributed by atoms with Crippen molar-refractivity contribution in [1.29, 1.82) is 0 Å². The van der Waals surface area contributed by atoms with E-state index < -0.39 is 30.0 Å². The van der Waals surface area contributed by atoms with Gasteiger partial charge in [0.25, 0.3) is 0 Å². The van der Waals surface area contributed by atoms with Crippen molar-refractivity contribution in [2.24, 2.45) is 0 Å². The monoisotopic (exact) mass is 343 g/mol. The number of nitrogens with one attached hydrogen (secondary N) is 1. The number of rotatable bonds is 7. The third-order valence-corrected chi connectivity index (χ3v) is 3.51. The minimum Gasteiger partial charge on any atom is -0.481 e. The summed E-state index contributed by atoms with van der Waals surface area (Å²) in [5.74, 6) is -4.27.